The molecule has 7 nitrogen and oxygen atoms in total. The fraction of sp³-hybridized carbons (Fsp3) is 0.167. The minimum absolute atomic E-state index is 0.0124. The van der Waals surface area contributed by atoms with Gasteiger partial charge in [-0.15, -0.1) is 0 Å². The standard InChI is InChI=1S/C24H19BrN2O5/c1-31-19-13-14(11-12-18(19)28)21-20-22(32-27(21)15-7-3-2-4-8-15)24(30)26(23(20)29)17-10-6-5-9-16(17)25/h2-13,20-22,28H,1H3/t20-,21-,22+/m1/s1. The van der Waals surface area contributed by atoms with Gasteiger partial charge in [0, 0.05) is 4.47 Å². The fourth-order valence-corrected chi connectivity index (χ4v) is 4.76. The van der Waals surface area contributed by atoms with Gasteiger partial charge in [-0.2, -0.15) is 0 Å². The second-order valence-corrected chi connectivity index (χ2v) is 8.41. The molecule has 32 heavy (non-hydrogen) atoms. The van der Waals surface area contributed by atoms with Crippen molar-refractivity contribution in [1.29, 1.82) is 0 Å². The van der Waals surface area contributed by atoms with Gasteiger partial charge in [-0.25, -0.2) is 9.96 Å². The third kappa shape index (κ3) is 3.14. The molecule has 0 saturated carbocycles. The Kier molecular flexibility index (Phi) is 5.11. The van der Waals surface area contributed by atoms with Crippen LogP contribution in [-0.4, -0.2) is 30.1 Å². The van der Waals surface area contributed by atoms with Crippen LogP contribution >= 0.6 is 15.9 Å². The van der Waals surface area contributed by atoms with Crippen LogP contribution in [0.1, 0.15) is 11.6 Å². The summed E-state index contributed by atoms with van der Waals surface area (Å²) in [5.74, 6) is -1.27. The Morgan fingerprint density at radius 3 is 2.41 bits per heavy atom. The lowest BCUT2D eigenvalue weighted by Gasteiger charge is -2.29. The van der Waals surface area contributed by atoms with Crippen molar-refractivity contribution >= 4 is 39.1 Å². The lowest BCUT2D eigenvalue weighted by molar-refractivity contribution is -0.126. The fourth-order valence-electron chi connectivity index (χ4n) is 4.30. The van der Waals surface area contributed by atoms with E-state index in [4.69, 9.17) is 9.57 Å². The van der Waals surface area contributed by atoms with Gasteiger partial charge in [-0.1, -0.05) is 36.4 Å². The first-order valence-corrected chi connectivity index (χ1v) is 10.8. The maximum atomic E-state index is 13.6. The van der Waals surface area contributed by atoms with E-state index in [-0.39, 0.29) is 17.4 Å². The number of hydrogen-bond acceptors (Lipinski definition) is 6. The van der Waals surface area contributed by atoms with E-state index >= 15 is 0 Å². The molecule has 2 aliphatic rings. The number of hydrogen-bond donors (Lipinski definition) is 1. The second-order valence-electron chi connectivity index (χ2n) is 7.55. The summed E-state index contributed by atoms with van der Waals surface area (Å²) in [6.45, 7) is 0. The highest BCUT2D eigenvalue weighted by Gasteiger charge is 2.60. The highest BCUT2D eigenvalue weighted by molar-refractivity contribution is 9.10. The molecule has 1 N–H and O–H groups in total. The SMILES string of the molecule is COc1cc([C@@H]2[C@H]3C(=O)N(c4ccccc4Br)C(=O)[C@H]3ON2c2ccccc2)ccc1O. The summed E-state index contributed by atoms with van der Waals surface area (Å²) in [6.07, 6.45) is -0.973. The zero-order valence-electron chi connectivity index (χ0n) is 17.0. The number of carbonyl (C=O) groups is 2. The van der Waals surface area contributed by atoms with Gasteiger partial charge in [0.25, 0.3) is 5.91 Å². The Morgan fingerprint density at radius 2 is 1.69 bits per heavy atom. The van der Waals surface area contributed by atoms with Crippen molar-refractivity contribution in [2.75, 3.05) is 17.1 Å². The van der Waals surface area contributed by atoms with Gasteiger partial charge in [0.2, 0.25) is 5.91 Å². The summed E-state index contributed by atoms with van der Waals surface area (Å²) in [6, 6.07) is 20.7. The number of para-hydroxylation sites is 2. The summed E-state index contributed by atoms with van der Waals surface area (Å²) in [5.41, 5.74) is 1.88. The van der Waals surface area contributed by atoms with Crippen LogP contribution in [0, 0.1) is 5.92 Å². The largest absolute Gasteiger partial charge is 0.504 e. The van der Waals surface area contributed by atoms with Gasteiger partial charge in [-0.3, -0.25) is 14.4 Å². The van der Waals surface area contributed by atoms with Crippen molar-refractivity contribution in [3.63, 3.8) is 0 Å². The van der Waals surface area contributed by atoms with Crippen molar-refractivity contribution in [3.8, 4) is 11.5 Å². The predicted molar refractivity (Wildman–Crippen MR) is 121 cm³/mol. The first-order chi connectivity index (χ1) is 15.5. The molecule has 3 aromatic carbocycles. The number of hydroxylamine groups is 1. The smallest absolute Gasteiger partial charge is 0.266 e. The van der Waals surface area contributed by atoms with E-state index in [0.29, 0.717) is 21.4 Å². The van der Waals surface area contributed by atoms with Crippen LogP contribution in [0.3, 0.4) is 0 Å². The second kappa shape index (κ2) is 7.96. The van der Waals surface area contributed by atoms with E-state index < -0.39 is 24.0 Å². The van der Waals surface area contributed by atoms with Gasteiger partial charge in [-0.05, 0) is 57.9 Å². The third-order valence-corrected chi connectivity index (χ3v) is 6.44. The van der Waals surface area contributed by atoms with Gasteiger partial charge in [0.1, 0.15) is 5.92 Å². The predicted octanol–water partition coefficient (Wildman–Crippen LogP) is 4.21. The molecule has 2 fully saturated rings. The number of aromatic hydroxyl groups is 1. The number of nitrogens with zero attached hydrogens (tertiary/aromatic N) is 2. The summed E-state index contributed by atoms with van der Waals surface area (Å²) in [4.78, 5) is 34.3. The molecule has 2 amide bonds. The molecule has 2 saturated heterocycles. The number of phenols is 1. The third-order valence-electron chi connectivity index (χ3n) is 5.76. The van der Waals surface area contributed by atoms with Crippen molar-refractivity contribution < 1.29 is 24.3 Å². The number of halogens is 1. The van der Waals surface area contributed by atoms with Gasteiger partial charge in [0.15, 0.2) is 17.6 Å². The van der Waals surface area contributed by atoms with E-state index in [1.165, 1.54) is 18.1 Å². The lowest BCUT2D eigenvalue weighted by atomic mass is 9.90. The van der Waals surface area contributed by atoms with Crippen LogP contribution < -0.4 is 14.7 Å². The highest BCUT2D eigenvalue weighted by Crippen LogP contribution is 2.49. The van der Waals surface area contributed by atoms with Crippen LogP contribution in [0.2, 0.25) is 0 Å². The number of phenolic OH excluding ortho intramolecular Hbond substituents is 1. The molecular formula is C24H19BrN2O5. The maximum absolute atomic E-state index is 13.6. The van der Waals surface area contributed by atoms with Crippen LogP contribution in [0.25, 0.3) is 0 Å². The molecule has 0 unspecified atom stereocenters. The number of carbonyl (C=O) groups excluding carboxylic acids is 2. The zero-order valence-corrected chi connectivity index (χ0v) is 18.6. The summed E-state index contributed by atoms with van der Waals surface area (Å²) < 4.78 is 5.92. The average molecular weight is 495 g/mol. The monoisotopic (exact) mass is 494 g/mol. The number of rotatable bonds is 4. The van der Waals surface area contributed by atoms with Crippen molar-refractivity contribution in [1.82, 2.24) is 0 Å². The Bertz CT molecular complexity index is 1200. The number of ether oxygens (including phenoxy) is 1. The Hall–Kier alpha value is -3.36. The van der Waals surface area contributed by atoms with Crippen LogP contribution in [0.15, 0.2) is 77.3 Å². The molecule has 0 bridgehead atoms. The molecule has 3 aromatic rings. The molecule has 0 aliphatic carbocycles. The molecule has 0 aromatic heterocycles. The topological polar surface area (TPSA) is 79.3 Å². The van der Waals surface area contributed by atoms with E-state index in [0.717, 1.165) is 0 Å². The van der Waals surface area contributed by atoms with Crippen LogP contribution in [0.4, 0.5) is 11.4 Å². The molecule has 5 rings (SSSR count). The van der Waals surface area contributed by atoms with Crippen molar-refractivity contribution in [3.05, 3.63) is 82.8 Å². The van der Waals surface area contributed by atoms with Crippen LogP contribution in [0.5, 0.6) is 11.5 Å². The first kappa shape index (κ1) is 20.5. The van der Waals surface area contributed by atoms with Gasteiger partial charge >= 0.3 is 0 Å². The number of anilines is 2. The lowest BCUT2D eigenvalue weighted by Crippen LogP contribution is -2.37. The normalized spacial score (nSPS) is 22.4. The van der Waals surface area contributed by atoms with E-state index in [1.807, 2.05) is 36.4 Å². The molecule has 162 valence electrons. The number of fused-ring (bicyclic) bond motifs is 1. The number of benzene rings is 3. The quantitative estimate of drug-likeness (QED) is 0.547. The van der Waals surface area contributed by atoms with E-state index in [1.54, 1.807) is 35.4 Å². The number of imide groups is 1. The first-order valence-electron chi connectivity index (χ1n) is 10.0. The molecule has 0 radical (unpaired) electrons. The minimum atomic E-state index is -0.973. The molecule has 2 aliphatic heterocycles. The number of amides is 2. The van der Waals surface area contributed by atoms with Crippen LogP contribution in [-0.2, 0) is 14.4 Å². The Labute approximate surface area is 192 Å². The molecule has 2 heterocycles. The maximum Gasteiger partial charge on any atom is 0.266 e. The molecule has 3 atom stereocenters. The van der Waals surface area contributed by atoms with Gasteiger partial charge < -0.3 is 9.84 Å². The van der Waals surface area contributed by atoms with E-state index in [2.05, 4.69) is 15.9 Å². The molecular weight excluding hydrogens is 476 g/mol. The van der Waals surface area contributed by atoms with Crippen molar-refractivity contribution in [2.24, 2.45) is 5.92 Å². The minimum Gasteiger partial charge on any atom is -0.504 e. The summed E-state index contributed by atoms with van der Waals surface area (Å²) in [5, 5.41) is 11.7. The van der Waals surface area contributed by atoms with Crippen molar-refractivity contribution in [2.45, 2.75) is 12.1 Å². The number of methoxy groups -OCH3 is 1. The average Bonchev–Trinajstić information content (AvgIpc) is 3.31. The van der Waals surface area contributed by atoms with E-state index in [9.17, 15) is 14.7 Å². The molecule has 0 spiro atoms. The Morgan fingerprint density at radius 1 is 0.969 bits per heavy atom. The van der Waals surface area contributed by atoms with Gasteiger partial charge in [0.05, 0.1) is 24.5 Å². The zero-order chi connectivity index (χ0) is 22.4. The summed E-state index contributed by atoms with van der Waals surface area (Å²) in [7, 11) is 1.46. The Balaban J connectivity index is 1.62. The summed E-state index contributed by atoms with van der Waals surface area (Å²) >= 11 is 3.43. The highest BCUT2D eigenvalue weighted by atomic mass is 79.9. The molecule has 8 heteroatoms.